The summed E-state index contributed by atoms with van der Waals surface area (Å²) in [6.07, 6.45) is 3.79. The molecule has 0 aliphatic rings. The first-order chi connectivity index (χ1) is 7.52. The predicted molar refractivity (Wildman–Crippen MR) is 74.0 cm³/mol. The Kier molecular flexibility index (Phi) is 8.96. The van der Waals surface area contributed by atoms with Crippen LogP contribution in [0.2, 0.25) is 0 Å². The molecule has 2 nitrogen and oxygen atoms in total. The summed E-state index contributed by atoms with van der Waals surface area (Å²) in [5.74, 6) is 0. The fraction of sp³-hybridized carbons (Fsp3) is 1.00. The first-order valence-electron chi connectivity index (χ1n) is 7.01. The van der Waals surface area contributed by atoms with E-state index < -0.39 is 0 Å². The van der Waals surface area contributed by atoms with Crippen molar-refractivity contribution in [1.29, 1.82) is 0 Å². The topological polar surface area (TPSA) is 15.3 Å². The van der Waals surface area contributed by atoms with E-state index in [2.05, 4.69) is 51.8 Å². The maximum absolute atomic E-state index is 3.64. The third-order valence-electron chi connectivity index (χ3n) is 3.19. The summed E-state index contributed by atoms with van der Waals surface area (Å²) in [6.45, 7) is 16.0. The fourth-order valence-corrected chi connectivity index (χ4v) is 2.27. The molecule has 1 N–H and O–H groups in total. The van der Waals surface area contributed by atoms with Crippen molar-refractivity contribution >= 4 is 0 Å². The van der Waals surface area contributed by atoms with Crippen molar-refractivity contribution in [3.8, 4) is 0 Å². The van der Waals surface area contributed by atoms with Crippen LogP contribution >= 0.6 is 0 Å². The Morgan fingerprint density at radius 3 is 2.06 bits per heavy atom. The molecule has 0 aromatic heterocycles. The molecular weight excluding hydrogens is 196 g/mol. The van der Waals surface area contributed by atoms with Crippen LogP contribution in [-0.2, 0) is 0 Å². The van der Waals surface area contributed by atoms with Crippen molar-refractivity contribution in [3.05, 3.63) is 0 Å². The van der Waals surface area contributed by atoms with E-state index in [1.807, 2.05) is 0 Å². The maximum atomic E-state index is 3.64. The second kappa shape index (κ2) is 9.00. The second-order valence-corrected chi connectivity index (χ2v) is 5.28. The average molecular weight is 228 g/mol. The standard InChI is InChI=1S/C14H32N2/c1-7-9-13(5)15-11-14(6)16(10-8-2)12(3)4/h12-15H,7-11H2,1-6H3. The fourth-order valence-electron chi connectivity index (χ4n) is 2.27. The highest BCUT2D eigenvalue weighted by atomic mass is 15.2. The molecule has 0 fully saturated rings. The van der Waals surface area contributed by atoms with Gasteiger partial charge < -0.3 is 5.32 Å². The molecule has 0 bridgehead atoms. The van der Waals surface area contributed by atoms with Gasteiger partial charge in [-0.3, -0.25) is 4.90 Å². The largest absolute Gasteiger partial charge is 0.313 e. The highest BCUT2D eigenvalue weighted by Crippen LogP contribution is 2.06. The number of nitrogens with one attached hydrogen (secondary N) is 1. The highest BCUT2D eigenvalue weighted by Gasteiger charge is 2.16. The van der Waals surface area contributed by atoms with E-state index in [-0.39, 0.29) is 0 Å². The third kappa shape index (κ3) is 6.49. The normalized spacial score (nSPS) is 15.8. The monoisotopic (exact) mass is 228 g/mol. The van der Waals surface area contributed by atoms with Gasteiger partial charge >= 0.3 is 0 Å². The average Bonchev–Trinajstić information content (AvgIpc) is 2.22. The van der Waals surface area contributed by atoms with E-state index in [1.54, 1.807) is 0 Å². The van der Waals surface area contributed by atoms with Gasteiger partial charge in [0.05, 0.1) is 0 Å². The first-order valence-corrected chi connectivity index (χ1v) is 7.01. The molecule has 0 aromatic rings. The molecule has 2 heteroatoms. The van der Waals surface area contributed by atoms with E-state index >= 15 is 0 Å². The SMILES string of the molecule is CCCC(C)NCC(C)N(CCC)C(C)C. The van der Waals surface area contributed by atoms with E-state index in [1.165, 1.54) is 25.8 Å². The molecule has 98 valence electrons. The van der Waals surface area contributed by atoms with Gasteiger partial charge in [0, 0.05) is 24.7 Å². The summed E-state index contributed by atoms with van der Waals surface area (Å²) in [4.78, 5) is 2.59. The minimum atomic E-state index is 0.638. The molecule has 0 aliphatic heterocycles. The number of hydrogen-bond acceptors (Lipinski definition) is 2. The van der Waals surface area contributed by atoms with E-state index in [9.17, 15) is 0 Å². The Bertz CT molecular complexity index is 157. The lowest BCUT2D eigenvalue weighted by atomic mass is 10.1. The summed E-state index contributed by atoms with van der Waals surface area (Å²) >= 11 is 0. The van der Waals surface area contributed by atoms with Crippen LogP contribution in [-0.4, -0.2) is 36.1 Å². The zero-order valence-electron chi connectivity index (χ0n) is 12.2. The van der Waals surface area contributed by atoms with Crippen molar-refractivity contribution in [2.45, 2.75) is 78.9 Å². The summed E-state index contributed by atoms with van der Waals surface area (Å²) in [7, 11) is 0. The second-order valence-electron chi connectivity index (χ2n) is 5.28. The molecule has 0 heterocycles. The predicted octanol–water partition coefficient (Wildman–Crippen LogP) is 3.27. The van der Waals surface area contributed by atoms with Gasteiger partial charge in [0.15, 0.2) is 0 Å². The van der Waals surface area contributed by atoms with Crippen LogP contribution in [0.4, 0.5) is 0 Å². The molecule has 0 saturated carbocycles. The van der Waals surface area contributed by atoms with Crippen LogP contribution in [0.15, 0.2) is 0 Å². The molecule has 0 aromatic carbocycles. The molecule has 2 atom stereocenters. The van der Waals surface area contributed by atoms with E-state index in [0.717, 1.165) is 6.54 Å². The summed E-state index contributed by atoms with van der Waals surface area (Å²) in [5.41, 5.74) is 0. The Balaban J connectivity index is 3.95. The third-order valence-corrected chi connectivity index (χ3v) is 3.19. The van der Waals surface area contributed by atoms with Crippen LogP contribution in [0.1, 0.15) is 60.8 Å². The van der Waals surface area contributed by atoms with Gasteiger partial charge in [-0.25, -0.2) is 0 Å². The van der Waals surface area contributed by atoms with Crippen molar-refractivity contribution in [2.75, 3.05) is 13.1 Å². The van der Waals surface area contributed by atoms with Gasteiger partial charge in [-0.1, -0.05) is 20.3 Å². The molecule has 0 aliphatic carbocycles. The number of nitrogens with zero attached hydrogens (tertiary/aromatic N) is 1. The van der Waals surface area contributed by atoms with Crippen LogP contribution in [0, 0.1) is 0 Å². The summed E-state index contributed by atoms with van der Waals surface area (Å²) in [6, 6.07) is 1.94. The van der Waals surface area contributed by atoms with Gasteiger partial charge in [0.25, 0.3) is 0 Å². The molecule has 2 unspecified atom stereocenters. The number of hydrogen-bond donors (Lipinski definition) is 1. The zero-order valence-corrected chi connectivity index (χ0v) is 12.2. The van der Waals surface area contributed by atoms with Crippen molar-refractivity contribution < 1.29 is 0 Å². The first kappa shape index (κ1) is 15.9. The minimum Gasteiger partial charge on any atom is -0.313 e. The molecule has 0 spiro atoms. The molecule has 0 saturated heterocycles. The summed E-state index contributed by atoms with van der Waals surface area (Å²) < 4.78 is 0. The molecular formula is C14H32N2. The number of rotatable bonds is 9. The van der Waals surface area contributed by atoms with Crippen LogP contribution in [0.3, 0.4) is 0 Å². The Morgan fingerprint density at radius 2 is 1.62 bits per heavy atom. The Labute approximate surface area is 103 Å². The van der Waals surface area contributed by atoms with Crippen molar-refractivity contribution in [1.82, 2.24) is 10.2 Å². The van der Waals surface area contributed by atoms with Gasteiger partial charge in [0.1, 0.15) is 0 Å². The van der Waals surface area contributed by atoms with Crippen LogP contribution in [0.5, 0.6) is 0 Å². The highest BCUT2D eigenvalue weighted by molar-refractivity contribution is 4.74. The zero-order chi connectivity index (χ0) is 12.6. The Morgan fingerprint density at radius 1 is 1.00 bits per heavy atom. The smallest absolute Gasteiger partial charge is 0.0195 e. The van der Waals surface area contributed by atoms with Crippen LogP contribution in [0.25, 0.3) is 0 Å². The van der Waals surface area contributed by atoms with Gasteiger partial charge in [-0.05, 0) is 47.1 Å². The van der Waals surface area contributed by atoms with Gasteiger partial charge in [-0.15, -0.1) is 0 Å². The molecule has 0 radical (unpaired) electrons. The maximum Gasteiger partial charge on any atom is 0.0195 e. The van der Waals surface area contributed by atoms with E-state index in [0.29, 0.717) is 18.1 Å². The van der Waals surface area contributed by atoms with Gasteiger partial charge in [0.2, 0.25) is 0 Å². The van der Waals surface area contributed by atoms with Crippen LogP contribution < -0.4 is 5.32 Å². The quantitative estimate of drug-likeness (QED) is 0.651. The van der Waals surface area contributed by atoms with Crippen molar-refractivity contribution in [2.24, 2.45) is 0 Å². The molecule has 0 rings (SSSR count). The lowest BCUT2D eigenvalue weighted by Gasteiger charge is -2.33. The summed E-state index contributed by atoms with van der Waals surface area (Å²) in [5, 5.41) is 3.64. The molecule has 16 heavy (non-hydrogen) atoms. The van der Waals surface area contributed by atoms with E-state index in [4.69, 9.17) is 0 Å². The van der Waals surface area contributed by atoms with Crippen molar-refractivity contribution in [3.63, 3.8) is 0 Å². The lowest BCUT2D eigenvalue weighted by Crippen LogP contribution is -2.46. The van der Waals surface area contributed by atoms with Gasteiger partial charge in [-0.2, -0.15) is 0 Å². The Hall–Kier alpha value is -0.0800. The minimum absolute atomic E-state index is 0.638. The molecule has 0 amide bonds. The lowest BCUT2D eigenvalue weighted by molar-refractivity contribution is 0.158.